The number of aromatic carboxylic acids is 1. The Labute approximate surface area is 124 Å². The van der Waals surface area contributed by atoms with Gasteiger partial charge in [-0.3, -0.25) is 0 Å². The highest BCUT2D eigenvalue weighted by Gasteiger charge is 2.18. The Morgan fingerprint density at radius 3 is 2.62 bits per heavy atom. The van der Waals surface area contributed by atoms with Crippen molar-refractivity contribution in [2.45, 2.75) is 6.92 Å². The number of nitrogen functional groups attached to an aromatic ring is 1. The van der Waals surface area contributed by atoms with Crippen LogP contribution in [0.5, 0.6) is 0 Å². The van der Waals surface area contributed by atoms with E-state index in [9.17, 15) is 4.79 Å². The normalized spacial score (nSPS) is 11.0. The van der Waals surface area contributed by atoms with Gasteiger partial charge in [-0.2, -0.15) is 9.61 Å². The third-order valence-electron chi connectivity index (χ3n) is 3.26. The molecule has 0 unspecified atom stereocenters. The molecule has 7 heteroatoms. The first kappa shape index (κ1) is 13.4. The van der Waals surface area contributed by atoms with Crippen molar-refractivity contribution in [3.8, 4) is 11.3 Å². The quantitative estimate of drug-likeness (QED) is 0.759. The number of aryl methyl sites for hydroxylation is 1. The van der Waals surface area contributed by atoms with Crippen molar-refractivity contribution in [3.05, 3.63) is 46.6 Å². The number of halogens is 1. The fraction of sp³-hybridized carbons (Fsp3) is 0.0714. The van der Waals surface area contributed by atoms with Gasteiger partial charge in [0, 0.05) is 22.3 Å². The molecule has 21 heavy (non-hydrogen) atoms. The van der Waals surface area contributed by atoms with Crippen LogP contribution in [0.3, 0.4) is 0 Å². The van der Waals surface area contributed by atoms with E-state index in [-0.39, 0.29) is 11.4 Å². The lowest BCUT2D eigenvalue weighted by Crippen LogP contribution is -2.09. The summed E-state index contributed by atoms with van der Waals surface area (Å²) in [5.41, 5.74) is 8.69. The Hall–Kier alpha value is -2.60. The molecule has 0 fully saturated rings. The fourth-order valence-electron chi connectivity index (χ4n) is 2.16. The maximum atomic E-state index is 11.1. The summed E-state index contributed by atoms with van der Waals surface area (Å²) in [7, 11) is 0. The summed E-state index contributed by atoms with van der Waals surface area (Å²) >= 11 is 5.88. The average Bonchev–Trinajstić information content (AvgIpc) is 2.78. The zero-order chi connectivity index (χ0) is 15.1. The van der Waals surface area contributed by atoms with Crippen molar-refractivity contribution in [1.82, 2.24) is 14.6 Å². The number of carboxylic acid groups (broad SMARTS) is 1. The molecule has 3 N–H and O–H groups in total. The number of hydrogen-bond acceptors (Lipinski definition) is 4. The largest absolute Gasteiger partial charge is 0.477 e. The SMILES string of the molecule is Cc1c(-c2ccc(Cl)cc2)nn2c(N)c(C(=O)O)cnc12. The van der Waals surface area contributed by atoms with Crippen molar-refractivity contribution in [2.75, 3.05) is 5.73 Å². The number of aromatic nitrogens is 3. The third kappa shape index (κ3) is 2.09. The van der Waals surface area contributed by atoms with Crippen LogP contribution in [0.25, 0.3) is 16.9 Å². The van der Waals surface area contributed by atoms with Crippen molar-refractivity contribution in [3.63, 3.8) is 0 Å². The van der Waals surface area contributed by atoms with Crippen LogP contribution in [-0.2, 0) is 0 Å². The molecule has 3 aromatic rings. The van der Waals surface area contributed by atoms with E-state index in [0.717, 1.165) is 11.1 Å². The van der Waals surface area contributed by atoms with Crippen molar-refractivity contribution in [1.29, 1.82) is 0 Å². The number of benzene rings is 1. The van der Waals surface area contributed by atoms with Crippen LogP contribution in [0.4, 0.5) is 5.82 Å². The molecule has 6 nitrogen and oxygen atoms in total. The summed E-state index contributed by atoms with van der Waals surface area (Å²) in [6.07, 6.45) is 1.24. The van der Waals surface area contributed by atoms with Gasteiger partial charge in [0.05, 0.1) is 5.69 Å². The number of nitrogens with zero attached hydrogens (tertiary/aromatic N) is 3. The second kappa shape index (κ2) is 4.75. The zero-order valence-corrected chi connectivity index (χ0v) is 11.8. The number of anilines is 1. The Kier molecular flexibility index (Phi) is 3.03. The van der Waals surface area contributed by atoms with Gasteiger partial charge < -0.3 is 10.8 Å². The highest BCUT2D eigenvalue weighted by atomic mass is 35.5. The molecule has 0 amide bonds. The van der Waals surface area contributed by atoms with Gasteiger partial charge in [0.2, 0.25) is 0 Å². The molecule has 2 heterocycles. The van der Waals surface area contributed by atoms with Crippen molar-refractivity contribution >= 4 is 29.0 Å². The van der Waals surface area contributed by atoms with Crippen LogP contribution in [0.15, 0.2) is 30.5 Å². The lowest BCUT2D eigenvalue weighted by atomic mass is 10.1. The fourth-order valence-corrected chi connectivity index (χ4v) is 2.29. The molecule has 2 aromatic heterocycles. The number of carbonyl (C=O) groups is 1. The van der Waals surface area contributed by atoms with E-state index in [1.807, 2.05) is 19.1 Å². The van der Waals surface area contributed by atoms with Gasteiger partial charge in [0.15, 0.2) is 5.65 Å². The molecule has 0 bridgehead atoms. The molecule has 0 spiro atoms. The molecular weight excluding hydrogens is 292 g/mol. The first-order chi connectivity index (χ1) is 9.99. The summed E-state index contributed by atoms with van der Waals surface area (Å²) in [6, 6.07) is 7.20. The van der Waals surface area contributed by atoms with Gasteiger partial charge in [-0.05, 0) is 19.1 Å². The van der Waals surface area contributed by atoms with Crippen LogP contribution in [0.1, 0.15) is 15.9 Å². The van der Waals surface area contributed by atoms with Gasteiger partial charge in [-0.25, -0.2) is 9.78 Å². The van der Waals surface area contributed by atoms with Gasteiger partial charge in [0.25, 0.3) is 0 Å². The topological polar surface area (TPSA) is 93.5 Å². The van der Waals surface area contributed by atoms with E-state index in [2.05, 4.69) is 10.1 Å². The van der Waals surface area contributed by atoms with Crippen LogP contribution < -0.4 is 5.73 Å². The molecule has 106 valence electrons. The summed E-state index contributed by atoms with van der Waals surface area (Å²) in [4.78, 5) is 15.2. The smallest absolute Gasteiger partial charge is 0.341 e. The van der Waals surface area contributed by atoms with E-state index in [1.165, 1.54) is 10.7 Å². The molecule has 0 aliphatic carbocycles. The first-order valence-electron chi connectivity index (χ1n) is 6.12. The van der Waals surface area contributed by atoms with Gasteiger partial charge in [0.1, 0.15) is 11.4 Å². The van der Waals surface area contributed by atoms with E-state index in [4.69, 9.17) is 22.4 Å². The van der Waals surface area contributed by atoms with E-state index >= 15 is 0 Å². The predicted octanol–water partition coefficient (Wildman–Crippen LogP) is 2.64. The molecular formula is C14H11ClN4O2. The van der Waals surface area contributed by atoms with Crippen LogP contribution in [0.2, 0.25) is 5.02 Å². The molecule has 1 aromatic carbocycles. The minimum absolute atomic E-state index is 0.0517. The minimum Gasteiger partial charge on any atom is -0.477 e. The second-order valence-electron chi connectivity index (χ2n) is 4.58. The monoisotopic (exact) mass is 302 g/mol. The minimum atomic E-state index is -1.14. The number of rotatable bonds is 2. The Morgan fingerprint density at radius 2 is 2.00 bits per heavy atom. The lowest BCUT2D eigenvalue weighted by Gasteiger charge is -2.02. The number of fused-ring (bicyclic) bond motifs is 1. The maximum absolute atomic E-state index is 11.1. The molecule has 3 rings (SSSR count). The molecule has 0 aliphatic rings. The lowest BCUT2D eigenvalue weighted by molar-refractivity contribution is 0.0697. The van der Waals surface area contributed by atoms with E-state index in [1.54, 1.807) is 12.1 Å². The van der Waals surface area contributed by atoms with Crippen LogP contribution in [0, 0.1) is 6.92 Å². The Balaban J connectivity index is 2.26. The third-order valence-corrected chi connectivity index (χ3v) is 3.51. The van der Waals surface area contributed by atoms with Gasteiger partial charge in [-0.15, -0.1) is 0 Å². The van der Waals surface area contributed by atoms with Gasteiger partial charge in [-0.1, -0.05) is 23.7 Å². The summed E-state index contributed by atoms with van der Waals surface area (Å²) in [5.74, 6) is -1.08. The molecule has 0 saturated carbocycles. The second-order valence-corrected chi connectivity index (χ2v) is 5.01. The summed E-state index contributed by atoms with van der Waals surface area (Å²) in [5, 5.41) is 14.1. The number of nitrogens with two attached hydrogens (primary N) is 1. The van der Waals surface area contributed by atoms with Gasteiger partial charge >= 0.3 is 5.97 Å². The summed E-state index contributed by atoms with van der Waals surface area (Å²) in [6.45, 7) is 1.86. The molecule has 0 atom stereocenters. The number of hydrogen-bond donors (Lipinski definition) is 2. The molecule has 0 saturated heterocycles. The van der Waals surface area contributed by atoms with Crippen LogP contribution in [-0.4, -0.2) is 25.7 Å². The Bertz CT molecular complexity index is 856. The standard InChI is InChI=1S/C14H11ClN4O2/c1-7-11(8-2-4-9(15)5-3-8)18-19-12(16)10(14(20)21)6-17-13(7)19/h2-6H,16H2,1H3,(H,20,21). The first-order valence-corrected chi connectivity index (χ1v) is 6.50. The Morgan fingerprint density at radius 1 is 1.33 bits per heavy atom. The van der Waals surface area contributed by atoms with Crippen LogP contribution >= 0.6 is 11.6 Å². The highest BCUT2D eigenvalue weighted by molar-refractivity contribution is 6.30. The summed E-state index contributed by atoms with van der Waals surface area (Å²) < 4.78 is 1.35. The van der Waals surface area contributed by atoms with E-state index < -0.39 is 5.97 Å². The average molecular weight is 303 g/mol. The molecule has 0 aliphatic heterocycles. The molecule has 0 radical (unpaired) electrons. The highest BCUT2D eigenvalue weighted by Crippen LogP contribution is 2.27. The predicted molar refractivity (Wildman–Crippen MR) is 79.5 cm³/mol. The zero-order valence-electron chi connectivity index (χ0n) is 11.0. The van der Waals surface area contributed by atoms with Crippen molar-refractivity contribution in [2.24, 2.45) is 0 Å². The maximum Gasteiger partial charge on any atom is 0.341 e. The van der Waals surface area contributed by atoms with E-state index in [0.29, 0.717) is 16.4 Å². The van der Waals surface area contributed by atoms with Crippen molar-refractivity contribution < 1.29 is 9.90 Å². The number of carboxylic acids is 1.